The molecule has 0 bridgehead atoms. The molecule has 1 unspecified atom stereocenters. The summed E-state index contributed by atoms with van der Waals surface area (Å²) in [4.78, 5) is 48.5. The number of benzene rings is 2. The fraction of sp³-hybridized carbons (Fsp3) is 0.174. The van der Waals surface area contributed by atoms with Crippen molar-refractivity contribution in [2.24, 2.45) is 0 Å². The van der Waals surface area contributed by atoms with Crippen molar-refractivity contribution in [1.82, 2.24) is 15.1 Å². The minimum absolute atomic E-state index is 0.102. The Balaban J connectivity index is 1.53. The molecule has 0 aliphatic carbocycles. The molecule has 3 amide bonds. The Kier molecular flexibility index (Phi) is 7.90. The Bertz CT molecular complexity index is 1160. The normalized spacial score (nSPS) is 11.2. The van der Waals surface area contributed by atoms with Gasteiger partial charge < -0.3 is 14.8 Å². The third-order valence-electron chi connectivity index (χ3n) is 4.31. The number of nitrogens with zero attached hydrogens (tertiary/aromatic N) is 2. The minimum Gasteiger partial charge on any atom is -0.492 e. The molecule has 0 fully saturated rings. The van der Waals surface area contributed by atoms with Gasteiger partial charge in [0.15, 0.2) is 11.8 Å². The van der Waals surface area contributed by atoms with E-state index in [0.717, 1.165) is 4.68 Å². The predicted octanol–water partition coefficient (Wildman–Crippen LogP) is 2.22. The number of urea groups is 1. The average molecular weight is 450 g/mol. The number of anilines is 1. The predicted molar refractivity (Wildman–Crippen MR) is 119 cm³/mol. The molecular weight excluding hydrogens is 428 g/mol. The quantitative estimate of drug-likeness (QED) is 0.504. The maximum atomic E-state index is 12.4. The van der Waals surface area contributed by atoms with Gasteiger partial charge in [0.1, 0.15) is 12.4 Å². The summed E-state index contributed by atoms with van der Waals surface area (Å²) in [6.07, 6.45) is -1.28. The second-order valence-electron chi connectivity index (χ2n) is 6.80. The fourth-order valence-corrected chi connectivity index (χ4v) is 2.66. The number of carbonyl (C=O) groups is 3. The summed E-state index contributed by atoms with van der Waals surface area (Å²) >= 11 is 0. The molecule has 0 saturated heterocycles. The molecule has 10 nitrogen and oxygen atoms in total. The second-order valence-corrected chi connectivity index (χ2v) is 6.80. The highest BCUT2D eigenvalue weighted by molar-refractivity contribution is 6.03. The number of hydrogen-bond acceptors (Lipinski definition) is 7. The fourth-order valence-electron chi connectivity index (χ4n) is 2.66. The van der Waals surface area contributed by atoms with Gasteiger partial charge in [0.25, 0.3) is 11.5 Å². The zero-order valence-corrected chi connectivity index (χ0v) is 17.8. The molecule has 0 radical (unpaired) electrons. The van der Waals surface area contributed by atoms with Crippen molar-refractivity contribution < 1.29 is 23.9 Å². The molecule has 3 rings (SSSR count). The van der Waals surface area contributed by atoms with Gasteiger partial charge in [0.2, 0.25) is 0 Å². The molecule has 2 N–H and O–H groups in total. The van der Waals surface area contributed by atoms with E-state index in [9.17, 15) is 19.2 Å². The van der Waals surface area contributed by atoms with Gasteiger partial charge in [-0.2, -0.15) is 5.10 Å². The number of rotatable bonds is 8. The molecule has 1 atom stereocenters. The van der Waals surface area contributed by atoms with Crippen molar-refractivity contribution >= 4 is 23.6 Å². The number of aromatic nitrogens is 2. The van der Waals surface area contributed by atoms with Gasteiger partial charge in [-0.25, -0.2) is 14.3 Å². The first-order chi connectivity index (χ1) is 15.9. The first kappa shape index (κ1) is 23.2. The molecule has 1 aromatic heterocycles. The summed E-state index contributed by atoms with van der Waals surface area (Å²) in [6, 6.07) is 19.2. The Morgan fingerprint density at radius 1 is 0.970 bits per heavy atom. The lowest BCUT2D eigenvalue weighted by atomic mass is 10.3. The van der Waals surface area contributed by atoms with E-state index in [2.05, 4.69) is 15.7 Å². The maximum absolute atomic E-state index is 12.4. The highest BCUT2D eigenvalue weighted by Gasteiger charge is 2.22. The van der Waals surface area contributed by atoms with Crippen LogP contribution in [0.2, 0.25) is 0 Å². The Hall–Kier alpha value is -4.47. The lowest BCUT2D eigenvalue weighted by Crippen LogP contribution is -2.41. The number of nitrogens with one attached hydrogen (secondary N) is 2. The van der Waals surface area contributed by atoms with Crippen LogP contribution in [0.15, 0.2) is 77.6 Å². The van der Waals surface area contributed by atoms with Crippen molar-refractivity contribution in [1.29, 1.82) is 0 Å². The van der Waals surface area contributed by atoms with E-state index in [-0.39, 0.29) is 18.8 Å². The van der Waals surface area contributed by atoms with Crippen molar-refractivity contribution in [2.75, 3.05) is 11.9 Å². The van der Waals surface area contributed by atoms with Crippen molar-refractivity contribution in [2.45, 2.75) is 19.6 Å². The standard InChI is InChI=1S/C23H22N4O6/c1-16(21(29)25-23(31)24-17-8-4-2-5-9-17)33-22(30)19-12-13-20(28)27(26-19)14-15-32-18-10-6-3-7-11-18/h2-13,16H,14-15H2,1H3,(H2,24,25,29,31). The van der Waals surface area contributed by atoms with Crippen LogP contribution >= 0.6 is 0 Å². The monoisotopic (exact) mass is 450 g/mol. The number of ether oxygens (including phenoxy) is 2. The lowest BCUT2D eigenvalue weighted by molar-refractivity contribution is -0.127. The van der Waals surface area contributed by atoms with Crippen LogP contribution in [0.4, 0.5) is 10.5 Å². The van der Waals surface area contributed by atoms with E-state index < -0.39 is 29.6 Å². The topological polar surface area (TPSA) is 129 Å². The van der Waals surface area contributed by atoms with Gasteiger partial charge in [0.05, 0.1) is 6.54 Å². The van der Waals surface area contributed by atoms with Gasteiger partial charge in [-0.15, -0.1) is 0 Å². The van der Waals surface area contributed by atoms with Gasteiger partial charge in [-0.3, -0.25) is 14.9 Å². The third-order valence-corrected chi connectivity index (χ3v) is 4.31. The average Bonchev–Trinajstić information content (AvgIpc) is 2.81. The van der Waals surface area contributed by atoms with Crippen LogP contribution in [0, 0.1) is 0 Å². The summed E-state index contributed by atoms with van der Waals surface area (Å²) in [6.45, 7) is 1.57. The lowest BCUT2D eigenvalue weighted by Gasteiger charge is -2.13. The zero-order valence-electron chi connectivity index (χ0n) is 17.8. The van der Waals surface area contributed by atoms with Crippen molar-refractivity contribution in [3.05, 3.63) is 88.8 Å². The Morgan fingerprint density at radius 3 is 2.33 bits per heavy atom. The Morgan fingerprint density at radius 2 is 1.64 bits per heavy atom. The summed E-state index contributed by atoms with van der Waals surface area (Å²) in [5.74, 6) is -1.10. The zero-order chi connectivity index (χ0) is 23.6. The molecule has 170 valence electrons. The van der Waals surface area contributed by atoms with E-state index in [1.54, 1.807) is 42.5 Å². The molecule has 0 spiro atoms. The van der Waals surface area contributed by atoms with E-state index in [4.69, 9.17) is 9.47 Å². The van der Waals surface area contributed by atoms with Crippen LogP contribution in [0.5, 0.6) is 5.75 Å². The second kappa shape index (κ2) is 11.2. The first-order valence-electron chi connectivity index (χ1n) is 10.1. The molecule has 2 aromatic carbocycles. The molecule has 0 aliphatic heterocycles. The molecule has 0 saturated carbocycles. The van der Waals surface area contributed by atoms with Crippen LogP contribution in [-0.2, 0) is 16.1 Å². The number of amides is 3. The molecular formula is C23H22N4O6. The van der Waals surface area contributed by atoms with E-state index in [0.29, 0.717) is 11.4 Å². The molecule has 33 heavy (non-hydrogen) atoms. The molecule has 3 aromatic rings. The summed E-state index contributed by atoms with van der Waals surface area (Å²) in [7, 11) is 0. The highest BCUT2D eigenvalue weighted by Crippen LogP contribution is 2.08. The smallest absolute Gasteiger partial charge is 0.359 e. The van der Waals surface area contributed by atoms with Gasteiger partial charge in [0, 0.05) is 11.8 Å². The highest BCUT2D eigenvalue weighted by atomic mass is 16.5. The van der Waals surface area contributed by atoms with Crippen molar-refractivity contribution in [3.63, 3.8) is 0 Å². The summed E-state index contributed by atoms with van der Waals surface area (Å²) < 4.78 is 11.7. The van der Waals surface area contributed by atoms with Gasteiger partial charge >= 0.3 is 12.0 Å². The van der Waals surface area contributed by atoms with E-state index in [1.165, 1.54) is 19.1 Å². The summed E-state index contributed by atoms with van der Waals surface area (Å²) in [5.41, 5.74) is -0.0931. The van der Waals surface area contributed by atoms with Crippen LogP contribution in [0.1, 0.15) is 17.4 Å². The van der Waals surface area contributed by atoms with E-state index in [1.807, 2.05) is 18.2 Å². The van der Waals surface area contributed by atoms with Crippen molar-refractivity contribution in [3.8, 4) is 5.75 Å². The van der Waals surface area contributed by atoms with Crippen LogP contribution in [0.25, 0.3) is 0 Å². The number of esters is 1. The van der Waals surface area contributed by atoms with Crippen LogP contribution < -0.4 is 20.9 Å². The van der Waals surface area contributed by atoms with Crippen LogP contribution in [0.3, 0.4) is 0 Å². The number of hydrogen-bond donors (Lipinski definition) is 2. The SMILES string of the molecule is CC(OC(=O)c1ccc(=O)n(CCOc2ccccc2)n1)C(=O)NC(=O)Nc1ccccc1. The molecule has 10 heteroatoms. The number of carbonyl (C=O) groups excluding carboxylic acids is 3. The minimum atomic E-state index is -1.28. The van der Waals surface area contributed by atoms with E-state index >= 15 is 0 Å². The Labute approximate surface area is 189 Å². The third kappa shape index (κ3) is 7.03. The van der Waals surface area contributed by atoms with Gasteiger partial charge in [-0.05, 0) is 37.3 Å². The van der Waals surface area contributed by atoms with Crippen LogP contribution in [-0.4, -0.2) is 40.4 Å². The number of para-hydroxylation sites is 2. The number of imide groups is 1. The largest absolute Gasteiger partial charge is 0.492 e. The maximum Gasteiger partial charge on any atom is 0.359 e. The molecule has 1 heterocycles. The molecule has 0 aliphatic rings. The van der Waals surface area contributed by atoms with Gasteiger partial charge in [-0.1, -0.05) is 36.4 Å². The summed E-state index contributed by atoms with van der Waals surface area (Å²) in [5, 5.41) is 8.55. The first-order valence-corrected chi connectivity index (χ1v) is 10.1.